The molecule has 0 radical (unpaired) electrons. The molecular formula is C22H22ClFN4O3. The fourth-order valence-corrected chi connectivity index (χ4v) is 3.41. The number of hydrogen-bond donors (Lipinski definition) is 3. The largest absolute Gasteiger partial charge is 0.384 e. The fourth-order valence-electron chi connectivity index (χ4n) is 3.21. The number of rotatable bonds is 9. The van der Waals surface area contributed by atoms with Crippen LogP contribution in [0.2, 0.25) is 5.02 Å². The van der Waals surface area contributed by atoms with Crippen molar-refractivity contribution in [2.24, 2.45) is 5.73 Å². The summed E-state index contributed by atoms with van der Waals surface area (Å²) in [6, 6.07) is 10.8. The van der Waals surface area contributed by atoms with Crippen molar-refractivity contribution in [3.63, 3.8) is 0 Å². The fraction of sp³-hybridized carbons (Fsp3) is 0.227. The summed E-state index contributed by atoms with van der Waals surface area (Å²) in [6.07, 6.45) is 1.75. The van der Waals surface area contributed by atoms with Crippen LogP contribution in [0.4, 0.5) is 4.39 Å². The van der Waals surface area contributed by atoms with Crippen LogP contribution in [0.5, 0.6) is 0 Å². The number of carbonyl (C=O) groups is 2. The van der Waals surface area contributed by atoms with E-state index in [9.17, 15) is 14.0 Å². The monoisotopic (exact) mass is 444 g/mol. The first-order chi connectivity index (χ1) is 14.9. The molecule has 7 nitrogen and oxygen atoms in total. The Morgan fingerprint density at radius 1 is 1.29 bits per heavy atom. The van der Waals surface area contributed by atoms with Crippen LogP contribution in [0.15, 0.2) is 48.7 Å². The molecule has 4 N–H and O–H groups in total. The number of ether oxygens (including phenoxy) is 1. The molecule has 0 aliphatic rings. The topological polar surface area (TPSA) is 110 Å². The summed E-state index contributed by atoms with van der Waals surface area (Å²) in [6.45, 7) is 0.473. The quantitative estimate of drug-likeness (QED) is 0.469. The number of nitrogens with zero attached hydrogens (tertiary/aromatic N) is 1. The summed E-state index contributed by atoms with van der Waals surface area (Å²) in [5, 5.41) is 9.81. The van der Waals surface area contributed by atoms with Crippen molar-refractivity contribution in [1.82, 2.24) is 15.5 Å². The van der Waals surface area contributed by atoms with E-state index in [-0.39, 0.29) is 23.2 Å². The van der Waals surface area contributed by atoms with Crippen LogP contribution >= 0.6 is 11.6 Å². The summed E-state index contributed by atoms with van der Waals surface area (Å²) in [5.74, 6) is -1.61. The van der Waals surface area contributed by atoms with Crippen LogP contribution in [0.25, 0.3) is 11.3 Å². The lowest BCUT2D eigenvalue weighted by Crippen LogP contribution is -2.32. The zero-order valence-electron chi connectivity index (χ0n) is 16.8. The molecule has 0 saturated heterocycles. The Hall–Kier alpha value is -3.23. The number of carbonyl (C=O) groups excluding carboxylic acids is 2. The second-order valence-corrected chi connectivity index (χ2v) is 7.40. The number of methoxy groups -OCH3 is 1. The first-order valence-electron chi connectivity index (χ1n) is 9.54. The smallest absolute Gasteiger partial charge is 0.255 e. The van der Waals surface area contributed by atoms with E-state index >= 15 is 0 Å². The molecule has 1 atom stereocenters. The highest BCUT2D eigenvalue weighted by molar-refractivity contribution is 6.30. The first kappa shape index (κ1) is 22.5. The third-order valence-electron chi connectivity index (χ3n) is 4.74. The van der Waals surface area contributed by atoms with E-state index in [1.807, 2.05) is 0 Å². The Morgan fingerprint density at radius 2 is 2.10 bits per heavy atom. The molecule has 0 saturated carbocycles. The molecule has 3 rings (SSSR count). The molecule has 162 valence electrons. The number of nitrogens with one attached hydrogen (secondary N) is 2. The van der Waals surface area contributed by atoms with Crippen molar-refractivity contribution in [3.8, 4) is 11.3 Å². The van der Waals surface area contributed by atoms with Gasteiger partial charge >= 0.3 is 0 Å². The first-order valence-corrected chi connectivity index (χ1v) is 9.92. The van der Waals surface area contributed by atoms with Gasteiger partial charge in [-0.3, -0.25) is 14.7 Å². The summed E-state index contributed by atoms with van der Waals surface area (Å²) in [5.41, 5.74) is 7.33. The number of aromatic amines is 1. The lowest BCUT2D eigenvalue weighted by Gasteiger charge is -2.18. The van der Waals surface area contributed by atoms with Crippen molar-refractivity contribution in [2.45, 2.75) is 18.9 Å². The lowest BCUT2D eigenvalue weighted by atomic mass is 10.0. The van der Waals surface area contributed by atoms with Gasteiger partial charge in [0.2, 0.25) is 5.91 Å². The van der Waals surface area contributed by atoms with Gasteiger partial charge in [-0.2, -0.15) is 5.10 Å². The number of aromatic nitrogens is 2. The van der Waals surface area contributed by atoms with Crippen LogP contribution in [-0.4, -0.2) is 35.7 Å². The molecule has 0 fully saturated rings. The number of amides is 2. The third kappa shape index (κ3) is 5.68. The maximum atomic E-state index is 14.7. The molecule has 1 heterocycles. The van der Waals surface area contributed by atoms with E-state index in [0.717, 1.165) is 5.56 Å². The van der Waals surface area contributed by atoms with Crippen LogP contribution in [0, 0.1) is 5.82 Å². The molecule has 0 aliphatic heterocycles. The average Bonchev–Trinajstić information content (AvgIpc) is 3.21. The van der Waals surface area contributed by atoms with Crippen LogP contribution in [0.1, 0.15) is 33.9 Å². The predicted molar refractivity (Wildman–Crippen MR) is 115 cm³/mol. The zero-order valence-corrected chi connectivity index (χ0v) is 17.6. The zero-order chi connectivity index (χ0) is 22.4. The van der Waals surface area contributed by atoms with Crippen molar-refractivity contribution >= 4 is 23.4 Å². The minimum absolute atomic E-state index is 0.123. The maximum absolute atomic E-state index is 14.7. The molecule has 0 spiro atoms. The van der Waals surface area contributed by atoms with E-state index in [0.29, 0.717) is 23.6 Å². The van der Waals surface area contributed by atoms with Crippen molar-refractivity contribution < 1.29 is 18.7 Å². The highest BCUT2D eigenvalue weighted by Gasteiger charge is 2.23. The SMILES string of the molecule is COCCc1ccc(-c2[nH]ncc2C(=O)N[C@@H](CC(N)=O)c2cccc(Cl)c2)c(F)c1. The Labute approximate surface area is 183 Å². The molecule has 0 unspecified atom stereocenters. The second kappa shape index (κ2) is 10.2. The van der Waals surface area contributed by atoms with Gasteiger partial charge < -0.3 is 15.8 Å². The Bertz CT molecular complexity index is 1090. The molecule has 3 aromatic rings. The van der Waals surface area contributed by atoms with Gasteiger partial charge in [0.1, 0.15) is 5.82 Å². The maximum Gasteiger partial charge on any atom is 0.255 e. The predicted octanol–water partition coefficient (Wildman–Crippen LogP) is 3.40. The molecule has 0 aliphatic carbocycles. The molecular weight excluding hydrogens is 423 g/mol. The van der Waals surface area contributed by atoms with Gasteiger partial charge in [0.25, 0.3) is 5.91 Å². The standard InChI is InChI=1S/C22H22ClFN4O3/c1-31-8-7-13-5-6-16(18(24)9-13)21-17(12-26-28-21)22(30)27-19(11-20(25)29)14-3-2-4-15(23)10-14/h2-6,9-10,12,19H,7-8,11H2,1H3,(H2,25,29)(H,26,28)(H,27,30)/t19-/m0/s1. The highest BCUT2D eigenvalue weighted by atomic mass is 35.5. The van der Waals surface area contributed by atoms with Gasteiger partial charge in [-0.05, 0) is 41.8 Å². The third-order valence-corrected chi connectivity index (χ3v) is 4.98. The van der Waals surface area contributed by atoms with E-state index in [1.54, 1.807) is 43.5 Å². The van der Waals surface area contributed by atoms with Crippen molar-refractivity contribution in [1.29, 1.82) is 0 Å². The van der Waals surface area contributed by atoms with Gasteiger partial charge in [0.15, 0.2) is 0 Å². The van der Waals surface area contributed by atoms with Gasteiger partial charge in [-0.15, -0.1) is 0 Å². The lowest BCUT2D eigenvalue weighted by molar-refractivity contribution is -0.118. The van der Waals surface area contributed by atoms with E-state index in [1.165, 1.54) is 12.3 Å². The Balaban J connectivity index is 1.86. The van der Waals surface area contributed by atoms with Gasteiger partial charge in [-0.25, -0.2) is 4.39 Å². The summed E-state index contributed by atoms with van der Waals surface area (Å²) in [7, 11) is 1.58. The molecule has 0 bridgehead atoms. The van der Waals surface area contributed by atoms with Crippen LogP contribution in [-0.2, 0) is 16.0 Å². The molecule has 2 aromatic carbocycles. The molecule has 2 amide bonds. The Morgan fingerprint density at radius 3 is 2.77 bits per heavy atom. The minimum Gasteiger partial charge on any atom is -0.384 e. The Kier molecular flexibility index (Phi) is 7.38. The number of H-pyrrole nitrogens is 1. The van der Waals surface area contributed by atoms with Crippen LogP contribution < -0.4 is 11.1 Å². The number of halogens is 2. The van der Waals surface area contributed by atoms with Gasteiger partial charge in [-0.1, -0.05) is 29.8 Å². The number of benzene rings is 2. The second-order valence-electron chi connectivity index (χ2n) is 6.97. The van der Waals surface area contributed by atoms with Crippen LogP contribution in [0.3, 0.4) is 0 Å². The summed E-state index contributed by atoms with van der Waals surface area (Å²) in [4.78, 5) is 24.5. The molecule has 31 heavy (non-hydrogen) atoms. The van der Waals surface area contributed by atoms with E-state index < -0.39 is 23.7 Å². The van der Waals surface area contributed by atoms with Crippen molar-refractivity contribution in [3.05, 3.63) is 76.2 Å². The van der Waals surface area contributed by atoms with Gasteiger partial charge in [0, 0.05) is 17.7 Å². The van der Waals surface area contributed by atoms with E-state index in [4.69, 9.17) is 22.1 Å². The van der Waals surface area contributed by atoms with E-state index in [2.05, 4.69) is 15.5 Å². The molecule has 9 heteroatoms. The molecule has 1 aromatic heterocycles. The average molecular weight is 445 g/mol. The minimum atomic E-state index is -0.701. The summed E-state index contributed by atoms with van der Waals surface area (Å²) >= 11 is 6.04. The van der Waals surface area contributed by atoms with Crippen molar-refractivity contribution in [2.75, 3.05) is 13.7 Å². The number of primary amides is 1. The summed E-state index contributed by atoms with van der Waals surface area (Å²) < 4.78 is 19.7. The highest BCUT2D eigenvalue weighted by Crippen LogP contribution is 2.27. The number of hydrogen-bond acceptors (Lipinski definition) is 4. The van der Waals surface area contributed by atoms with Gasteiger partial charge in [0.05, 0.1) is 36.5 Å². The normalized spacial score (nSPS) is 11.8. The number of nitrogens with two attached hydrogens (primary N) is 1.